The molecule has 2 aromatic heterocycles. The zero-order valence-corrected chi connectivity index (χ0v) is 16.3. The monoisotopic (exact) mass is 364 g/mol. The van der Waals surface area contributed by atoms with Crippen LogP contribution in [0.15, 0.2) is 42.6 Å². The number of benzene rings is 1. The highest BCUT2D eigenvalue weighted by Crippen LogP contribution is 2.24. The van der Waals surface area contributed by atoms with Crippen LogP contribution in [0.1, 0.15) is 34.7 Å². The second-order valence-corrected chi connectivity index (χ2v) is 6.73. The van der Waals surface area contributed by atoms with Crippen molar-refractivity contribution in [3.8, 4) is 11.3 Å². The summed E-state index contributed by atoms with van der Waals surface area (Å²) in [5, 5.41) is 7.43. The number of amides is 1. The highest BCUT2D eigenvalue weighted by atomic mass is 16.2. The summed E-state index contributed by atoms with van der Waals surface area (Å²) in [6.45, 7) is 3.79. The third-order valence-electron chi connectivity index (χ3n) is 4.62. The first-order valence-corrected chi connectivity index (χ1v) is 8.77. The van der Waals surface area contributed by atoms with Crippen molar-refractivity contribution >= 4 is 11.9 Å². The van der Waals surface area contributed by atoms with Crippen molar-refractivity contribution in [1.82, 2.24) is 25.1 Å². The standard InChI is InChI=1S/C20H24N6O/c1-13-16(12-21-20(22-13)25(3)4)19(27)26(5)14(2)17-11-18(24-23-17)15-9-7-6-8-10-15/h6-12,14H,1-5H3,(H,23,24)/t14-/m0/s1. The summed E-state index contributed by atoms with van der Waals surface area (Å²) in [6, 6.07) is 11.7. The van der Waals surface area contributed by atoms with Crippen LogP contribution >= 0.6 is 0 Å². The van der Waals surface area contributed by atoms with E-state index in [1.807, 2.05) is 69.2 Å². The highest BCUT2D eigenvalue weighted by molar-refractivity contribution is 5.95. The number of nitrogens with zero attached hydrogens (tertiary/aromatic N) is 5. The Labute approximate surface area is 159 Å². The molecule has 0 saturated carbocycles. The van der Waals surface area contributed by atoms with Crippen molar-refractivity contribution in [1.29, 1.82) is 0 Å². The highest BCUT2D eigenvalue weighted by Gasteiger charge is 2.23. The fraction of sp³-hybridized carbons (Fsp3) is 0.300. The minimum atomic E-state index is -0.171. The molecule has 0 saturated heterocycles. The molecule has 0 aliphatic carbocycles. The molecule has 7 nitrogen and oxygen atoms in total. The van der Waals surface area contributed by atoms with E-state index >= 15 is 0 Å². The maximum Gasteiger partial charge on any atom is 0.257 e. The van der Waals surface area contributed by atoms with Gasteiger partial charge in [-0.2, -0.15) is 5.10 Å². The lowest BCUT2D eigenvalue weighted by Gasteiger charge is -2.24. The van der Waals surface area contributed by atoms with Gasteiger partial charge in [-0.15, -0.1) is 0 Å². The van der Waals surface area contributed by atoms with Gasteiger partial charge in [-0.05, 0) is 19.9 Å². The van der Waals surface area contributed by atoms with Crippen molar-refractivity contribution in [3.63, 3.8) is 0 Å². The molecule has 0 radical (unpaired) electrons. The quantitative estimate of drug-likeness (QED) is 0.753. The molecule has 27 heavy (non-hydrogen) atoms. The van der Waals surface area contributed by atoms with Crippen LogP contribution < -0.4 is 4.90 Å². The lowest BCUT2D eigenvalue weighted by Crippen LogP contribution is -2.31. The Morgan fingerprint density at radius 1 is 1.15 bits per heavy atom. The van der Waals surface area contributed by atoms with E-state index in [1.54, 1.807) is 18.1 Å². The molecule has 7 heteroatoms. The Kier molecular flexibility index (Phi) is 5.21. The van der Waals surface area contributed by atoms with Crippen LogP contribution in [0, 0.1) is 6.92 Å². The van der Waals surface area contributed by atoms with Gasteiger partial charge in [-0.3, -0.25) is 9.89 Å². The molecule has 1 atom stereocenters. The number of anilines is 1. The van der Waals surface area contributed by atoms with Gasteiger partial charge in [-0.25, -0.2) is 9.97 Å². The molecule has 3 rings (SSSR count). The fourth-order valence-corrected chi connectivity index (χ4v) is 2.76. The molecular weight excluding hydrogens is 340 g/mol. The number of aromatic amines is 1. The Bertz CT molecular complexity index is 935. The lowest BCUT2D eigenvalue weighted by atomic mass is 10.1. The van der Waals surface area contributed by atoms with Gasteiger partial charge in [-0.1, -0.05) is 30.3 Å². The van der Waals surface area contributed by atoms with Gasteiger partial charge in [0.05, 0.1) is 28.7 Å². The first kappa shape index (κ1) is 18.6. The summed E-state index contributed by atoms with van der Waals surface area (Å²) in [5.41, 5.74) is 3.91. The van der Waals surface area contributed by atoms with Crippen LogP contribution in [0.4, 0.5) is 5.95 Å². The van der Waals surface area contributed by atoms with E-state index in [2.05, 4.69) is 20.2 Å². The molecule has 0 fully saturated rings. The molecule has 140 valence electrons. The van der Waals surface area contributed by atoms with E-state index in [0.29, 0.717) is 17.2 Å². The van der Waals surface area contributed by atoms with Crippen molar-refractivity contribution in [2.24, 2.45) is 0 Å². The topological polar surface area (TPSA) is 78.0 Å². The molecule has 2 heterocycles. The van der Waals surface area contributed by atoms with Gasteiger partial charge in [0.2, 0.25) is 5.95 Å². The predicted octanol–water partition coefficient (Wildman–Crippen LogP) is 3.07. The average molecular weight is 364 g/mol. The van der Waals surface area contributed by atoms with Crippen LogP contribution in [-0.4, -0.2) is 52.1 Å². The zero-order valence-electron chi connectivity index (χ0n) is 16.3. The summed E-state index contributed by atoms with van der Waals surface area (Å²) in [5.74, 6) is 0.460. The van der Waals surface area contributed by atoms with Crippen LogP contribution in [0.2, 0.25) is 0 Å². The fourth-order valence-electron chi connectivity index (χ4n) is 2.76. The van der Waals surface area contributed by atoms with Gasteiger partial charge in [0.1, 0.15) is 0 Å². The largest absolute Gasteiger partial charge is 0.347 e. The second kappa shape index (κ2) is 7.57. The summed E-state index contributed by atoms with van der Waals surface area (Å²) in [7, 11) is 5.51. The van der Waals surface area contributed by atoms with Crippen LogP contribution in [-0.2, 0) is 0 Å². The molecule has 0 spiro atoms. The molecule has 0 aliphatic rings. The smallest absolute Gasteiger partial charge is 0.257 e. The Hall–Kier alpha value is -3.22. The van der Waals surface area contributed by atoms with Gasteiger partial charge in [0.25, 0.3) is 5.91 Å². The molecule has 0 bridgehead atoms. The Morgan fingerprint density at radius 2 is 1.85 bits per heavy atom. The number of aryl methyl sites for hydroxylation is 1. The number of H-pyrrole nitrogens is 1. The third-order valence-corrected chi connectivity index (χ3v) is 4.62. The summed E-state index contributed by atoms with van der Waals surface area (Å²) in [4.78, 5) is 25.1. The number of hydrogen-bond acceptors (Lipinski definition) is 5. The second-order valence-electron chi connectivity index (χ2n) is 6.73. The molecule has 1 aromatic carbocycles. The number of aromatic nitrogens is 4. The van der Waals surface area contributed by atoms with Gasteiger partial charge in [0.15, 0.2) is 0 Å². The van der Waals surface area contributed by atoms with Gasteiger partial charge < -0.3 is 9.80 Å². The Balaban J connectivity index is 1.80. The number of rotatable bonds is 5. The van der Waals surface area contributed by atoms with E-state index in [9.17, 15) is 4.79 Å². The van der Waals surface area contributed by atoms with Crippen molar-refractivity contribution in [3.05, 3.63) is 59.5 Å². The molecule has 1 N–H and O–H groups in total. The van der Waals surface area contributed by atoms with E-state index < -0.39 is 0 Å². The average Bonchev–Trinajstić information content (AvgIpc) is 3.17. The van der Waals surface area contributed by atoms with Crippen molar-refractivity contribution in [2.45, 2.75) is 19.9 Å². The normalized spacial score (nSPS) is 11.9. The third kappa shape index (κ3) is 3.81. The number of carbonyl (C=O) groups excluding carboxylic acids is 1. The van der Waals surface area contributed by atoms with Crippen LogP contribution in [0.3, 0.4) is 0 Å². The van der Waals surface area contributed by atoms with E-state index in [-0.39, 0.29) is 11.9 Å². The molecule has 3 aromatic rings. The van der Waals surface area contributed by atoms with Crippen molar-refractivity contribution < 1.29 is 4.79 Å². The number of hydrogen-bond donors (Lipinski definition) is 1. The first-order valence-electron chi connectivity index (χ1n) is 8.77. The van der Waals surface area contributed by atoms with Crippen LogP contribution in [0.25, 0.3) is 11.3 Å². The first-order chi connectivity index (χ1) is 12.9. The zero-order chi connectivity index (χ0) is 19.6. The maximum absolute atomic E-state index is 12.9. The van der Waals surface area contributed by atoms with Crippen molar-refractivity contribution in [2.75, 3.05) is 26.0 Å². The molecular formula is C20H24N6O. The lowest BCUT2D eigenvalue weighted by molar-refractivity contribution is 0.0738. The number of carbonyl (C=O) groups is 1. The van der Waals surface area contributed by atoms with Crippen LogP contribution in [0.5, 0.6) is 0 Å². The predicted molar refractivity (Wildman–Crippen MR) is 106 cm³/mol. The SMILES string of the molecule is Cc1nc(N(C)C)ncc1C(=O)N(C)[C@@H](C)c1cc(-c2ccccc2)n[nH]1. The molecule has 0 aliphatic heterocycles. The summed E-state index contributed by atoms with van der Waals surface area (Å²) in [6.07, 6.45) is 1.59. The van der Waals surface area contributed by atoms with E-state index in [0.717, 1.165) is 17.0 Å². The number of nitrogens with one attached hydrogen (secondary N) is 1. The van der Waals surface area contributed by atoms with Gasteiger partial charge >= 0.3 is 0 Å². The molecule has 0 unspecified atom stereocenters. The summed E-state index contributed by atoms with van der Waals surface area (Å²) < 4.78 is 0. The Morgan fingerprint density at radius 3 is 2.48 bits per heavy atom. The minimum absolute atomic E-state index is 0.124. The van der Waals surface area contributed by atoms with Gasteiger partial charge in [0, 0.05) is 32.9 Å². The maximum atomic E-state index is 12.9. The molecule has 1 amide bonds. The minimum Gasteiger partial charge on any atom is -0.347 e. The van der Waals surface area contributed by atoms with E-state index in [4.69, 9.17) is 0 Å². The summed E-state index contributed by atoms with van der Waals surface area (Å²) >= 11 is 0. The van der Waals surface area contributed by atoms with E-state index in [1.165, 1.54) is 0 Å².